The van der Waals surface area contributed by atoms with Gasteiger partial charge in [-0.05, 0) is 49.4 Å². The van der Waals surface area contributed by atoms with Gasteiger partial charge in [0.2, 0.25) is 10.0 Å². The summed E-state index contributed by atoms with van der Waals surface area (Å²) in [6, 6.07) is 5.08. The van der Waals surface area contributed by atoms with Gasteiger partial charge in [-0.15, -0.1) is 0 Å². The summed E-state index contributed by atoms with van der Waals surface area (Å²) in [4.78, 5) is 2.38. The number of piperidine rings is 1. The molecule has 1 saturated heterocycles. The Morgan fingerprint density at radius 3 is 2.59 bits per heavy atom. The second kappa shape index (κ2) is 7.53. The fraction of sp³-hybridized carbons (Fsp3) is 0.625. The van der Waals surface area contributed by atoms with Crippen molar-refractivity contribution in [3.05, 3.63) is 30.1 Å². The van der Waals surface area contributed by atoms with Crippen LogP contribution in [0.3, 0.4) is 0 Å². The fourth-order valence-electron chi connectivity index (χ4n) is 3.20. The zero-order valence-electron chi connectivity index (χ0n) is 13.3. The predicted molar refractivity (Wildman–Crippen MR) is 85.6 cm³/mol. The highest BCUT2D eigenvalue weighted by Gasteiger charge is 2.21. The SMILES string of the molecule is C[C@@H]1C[C@@H](C)CN(CCCNS(=O)(=O)c2cccc(F)c2)C1. The molecule has 1 aliphatic heterocycles. The molecular weight excluding hydrogens is 303 g/mol. The molecule has 0 radical (unpaired) electrons. The second-order valence-corrected chi connectivity index (χ2v) is 8.18. The van der Waals surface area contributed by atoms with E-state index in [0.717, 1.165) is 32.1 Å². The standard InChI is InChI=1S/C16H25FN2O2S/c1-13-9-14(2)12-19(11-13)8-4-7-18-22(20,21)16-6-3-5-15(17)10-16/h3,5-6,10,13-14,18H,4,7-9,11-12H2,1-2H3/t13-,14-/m1/s1. The molecule has 0 amide bonds. The first-order valence-corrected chi connectivity index (χ1v) is 9.33. The number of halogens is 1. The zero-order chi connectivity index (χ0) is 16.2. The number of sulfonamides is 1. The van der Waals surface area contributed by atoms with Crippen molar-refractivity contribution in [3.8, 4) is 0 Å². The van der Waals surface area contributed by atoms with Crippen molar-refractivity contribution in [1.82, 2.24) is 9.62 Å². The van der Waals surface area contributed by atoms with Crippen LogP contribution in [0.5, 0.6) is 0 Å². The monoisotopic (exact) mass is 328 g/mol. The smallest absolute Gasteiger partial charge is 0.240 e. The van der Waals surface area contributed by atoms with E-state index in [-0.39, 0.29) is 4.90 Å². The van der Waals surface area contributed by atoms with Crippen LogP contribution in [0, 0.1) is 17.7 Å². The number of nitrogens with one attached hydrogen (secondary N) is 1. The van der Waals surface area contributed by atoms with Crippen molar-refractivity contribution in [2.45, 2.75) is 31.6 Å². The lowest BCUT2D eigenvalue weighted by Gasteiger charge is -2.34. The van der Waals surface area contributed by atoms with Gasteiger partial charge in [0.1, 0.15) is 5.82 Å². The van der Waals surface area contributed by atoms with Crippen molar-refractivity contribution in [3.63, 3.8) is 0 Å². The summed E-state index contributed by atoms with van der Waals surface area (Å²) >= 11 is 0. The first-order chi connectivity index (χ1) is 10.4. The van der Waals surface area contributed by atoms with E-state index in [2.05, 4.69) is 23.5 Å². The van der Waals surface area contributed by atoms with E-state index in [1.54, 1.807) is 0 Å². The molecule has 1 N–H and O–H groups in total. The zero-order valence-corrected chi connectivity index (χ0v) is 14.1. The highest BCUT2D eigenvalue weighted by atomic mass is 32.2. The quantitative estimate of drug-likeness (QED) is 0.816. The molecule has 2 atom stereocenters. The molecule has 1 aromatic rings. The van der Waals surface area contributed by atoms with Crippen molar-refractivity contribution in [2.75, 3.05) is 26.2 Å². The summed E-state index contributed by atoms with van der Waals surface area (Å²) in [5, 5.41) is 0. The molecule has 124 valence electrons. The Morgan fingerprint density at radius 2 is 1.95 bits per heavy atom. The third kappa shape index (κ3) is 5.04. The number of nitrogens with zero attached hydrogens (tertiary/aromatic N) is 1. The largest absolute Gasteiger partial charge is 0.303 e. The van der Waals surface area contributed by atoms with Crippen LogP contribution in [0.4, 0.5) is 4.39 Å². The summed E-state index contributed by atoms with van der Waals surface area (Å²) in [7, 11) is -3.62. The van der Waals surface area contributed by atoms with Crippen LogP contribution in [0.1, 0.15) is 26.7 Å². The van der Waals surface area contributed by atoms with Crippen molar-refractivity contribution in [2.24, 2.45) is 11.8 Å². The minimum atomic E-state index is -3.62. The number of likely N-dealkylation sites (tertiary alicyclic amines) is 1. The van der Waals surface area contributed by atoms with Crippen molar-refractivity contribution in [1.29, 1.82) is 0 Å². The molecule has 1 fully saturated rings. The average molecular weight is 328 g/mol. The number of hydrogen-bond acceptors (Lipinski definition) is 3. The molecular formula is C16H25FN2O2S. The minimum Gasteiger partial charge on any atom is -0.303 e. The second-order valence-electron chi connectivity index (χ2n) is 6.41. The van der Waals surface area contributed by atoms with Gasteiger partial charge >= 0.3 is 0 Å². The molecule has 0 unspecified atom stereocenters. The van der Waals surface area contributed by atoms with Crippen molar-refractivity contribution >= 4 is 10.0 Å². The first-order valence-electron chi connectivity index (χ1n) is 7.84. The van der Waals surface area contributed by atoms with Crippen LogP contribution >= 0.6 is 0 Å². The fourth-order valence-corrected chi connectivity index (χ4v) is 4.31. The van der Waals surface area contributed by atoms with E-state index in [4.69, 9.17) is 0 Å². The lowest BCUT2D eigenvalue weighted by atomic mass is 9.92. The molecule has 6 heteroatoms. The average Bonchev–Trinajstić information content (AvgIpc) is 2.43. The third-order valence-corrected chi connectivity index (χ3v) is 5.45. The molecule has 1 aliphatic rings. The highest BCUT2D eigenvalue weighted by Crippen LogP contribution is 2.20. The van der Waals surface area contributed by atoms with Gasteiger partial charge in [-0.2, -0.15) is 0 Å². The molecule has 22 heavy (non-hydrogen) atoms. The Labute approximate surface area is 132 Å². The van der Waals surface area contributed by atoms with Crippen LogP contribution < -0.4 is 4.72 Å². The van der Waals surface area contributed by atoms with E-state index in [1.807, 2.05) is 0 Å². The van der Waals surface area contributed by atoms with Crippen LogP contribution in [-0.2, 0) is 10.0 Å². The Morgan fingerprint density at radius 1 is 1.27 bits per heavy atom. The van der Waals surface area contributed by atoms with Crippen LogP contribution in [0.25, 0.3) is 0 Å². The molecule has 4 nitrogen and oxygen atoms in total. The molecule has 0 saturated carbocycles. The maximum atomic E-state index is 13.1. The molecule has 1 aromatic carbocycles. The topological polar surface area (TPSA) is 49.4 Å². The van der Waals surface area contributed by atoms with E-state index in [1.165, 1.54) is 24.6 Å². The first kappa shape index (κ1) is 17.4. The van der Waals surface area contributed by atoms with E-state index in [9.17, 15) is 12.8 Å². The van der Waals surface area contributed by atoms with Gasteiger partial charge in [0.15, 0.2) is 0 Å². The summed E-state index contributed by atoms with van der Waals surface area (Å²) in [5.41, 5.74) is 0. The van der Waals surface area contributed by atoms with Gasteiger partial charge in [0.05, 0.1) is 4.90 Å². The Bertz CT molecular complexity index is 582. The molecule has 1 heterocycles. The van der Waals surface area contributed by atoms with Crippen LogP contribution in [0.15, 0.2) is 29.2 Å². The minimum absolute atomic E-state index is 0.0206. The van der Waals surface area contributed by atoms with E-state index < -0.39 is 15.8 Å². The van der Waals surface area contributed by atoms with Crippen LogP contribution in [0.2, 0.25) is 0 Å². The van der Waals surface area contributed by atoms with Gasteiger partial charge in [0.25, 0.3) is 0 Å². The Hall–Kier alpha value is -0.980. The number of benzene rings is 1. The Balaban J connectivity index is 1.78. The molecule has 0 bridgehead atoms. The van der Waals surface area contributed by atoms with Gasteiger partial charge in [-0.3, -0.25) is 0 Å². The normalized spacial score (nSPS) is 23.6. The lowest BCUT2D eigenvalue weighted by molar-refractivity contribution is 0.140. The molecule has 0 aromatic heterocycles. The maximum absolute atomic E-state index is 13.1. The summed E-state index contributed by atoms with van der Waals surface area (Å²) in [5.74, 6) is 0.861. The van der Waals surface area contributed by atoms with E-state index in [0.29, 0.717) is 18.4 Å². The highest BCUT2D eigenvalue weighted by molar-refractivity contribution is 7.89. The molecule has 2 rings (SSSR count). The lowest BCUT2D eigenvalue weighted by Crippen LogP contribution is -2.40. The van der Waals surface area contributed by atoms with Gasteiger partial charge in [-0.25, -0.2) is 17.5 Å². The molecule has 0 spiro atoms. The van der Waals surface area contributed by atoms with Gasteiger partial charge < -0.3 is 4.90 Å². The maximum Gasteiger partial charge on any atom is 0.240 e. The summed E-state index contributed by atoms with van der Waals surface area (Å²) in [6.07, 6.45) is 2.02. The summed E-state index contributed by atoms with van der Waals surface area (Å²) < 4.78 is 39.7. The Kier molecular flexibility index (Phi) is 5.94. The van der Waals surface area contributed by atoms with Crippen molar-refractivity contribution < 1.29 is 12.8 Å². The van der Waals surface area contributed by atoms with Gasteiger partial charge in [-0.1, -0.05) is 19.9 Å². The van der Waals surface area contributed by atoms with E-state index >= 15 is 0 Å². The van der Waals surface area contributed by atoms with Crippen LogP contribution in [-0.4, -0.2) is 39.5 Å². The summed E-state index contributed by atoms with van der Waals surface area (Å²) in [6.45, 7) is 7.95. The third-order valence-electron chi connectivity index (χ3n) is 3.99. The molecule has 0 aliphatic carbocycles. The predicted octanol–water partition coefficient (Wildman–Crippen LogP) is 2.47. The number of rotatable bonds is 6. The number of hydrogen-bond donors (Lipinski definition) is 1. The van der Waals surface area contributed by atoms with Gasteiger partial charge in [0, 0.05) is 19.6 Å².